The first-order valence-electron chi connectivity index (χ1n) is 5.81. The van der Waals surface area contributed by atoms with Gasteiger partial charge in [0.2, 0.25) is 5.91 Å². The summed E-state index contributed by atoms with van der Waals surface area (Å²) in [5, 5.41) is 19.9. The number of amides is 1. The lowest BCUT2D eigenvalue weighted by Gasteiger charge is -2.27. The van der Waals surface area contributed by atoms with Crippen LogP contribution in [-0.2, 0) is 9.59 Å². The fraction of sp³-hybridized carbons (Fsp3) is 0.833. The van der Waals surface area contributed by atoms with Crippen LogP contribution in [0.1, 0.15) is 40.5 Å². The van der Waals surface area contributed by atoms with E-state index in [-0.39, 0.29) is 30.3 Å². The van der Waals surface area contributed by atoms with Crippen molar-refractivity contribution >= 4 is 11.9 Å². The highest BCUT2D eigenvalue weighted by atomic mass is 16.4. The van der Waals surface area contributed by atoms with Crippen molar-refractivity contribution in [3.8, 4) is 0 Å². The molecule has 100 valence electrons. The summed E-state index contributed by atoms with van der Waals surface area (Å²) in [6.07, 6.45) is 0.323. The number of hydrogen-bond acceptors (Lipinski definition) is 3. The summed E-state index contributed by atoms with van der Waals surface area (Å²) in [4.78, 5) is 22.4. The fourth-order valence-electron chi connectivity index (χ4n) is 1.22. The predicted molar refractivity (Wildman–Crippen MR) is 64.5 cm³/mol. The second kappa shape index (κ2) is 6.59. The average Bonchev–Trinajstić information content (AvgIpc) is 2.15. The molecule has 0 aliphatic heterocycles. The summed E-state index contributed by atoms with van der Waals surface area (Å²) in [5.74, 6) is -1.24. The van der Waals surface area contributed by atoms with Gasteiger partial charge in [0, 0.05) is 19.4 Å². The lowest BCUT2D eigenvalue weighted by molar-refractivity contribution is -0.142. The van der Waals surface area contributed by atoms with E-state index >= 15 is 0 Å². The van der Waals surface area contributed by atoms with Crippen molar-refractivity contribution in [1.29, 1.82) is 0 Å². The molecule has 0 bridgehead atoms. The molecule has 0 saturated heterocycles. The molecule has 0 heterocycles. The van der Waals surface area contributed by atoms with Crippen molar-refractivity contribution in [3.05, 3.63) is 0 Å². The largest absolute Gasteiger partial charge is 0.480 e. The average molecular weight is 245 g/mol. The number of hydrogen-bond donors (Lipinski definition) is 3. The van der Waals surface area contributed by atoms with Crippen LogP contribution in [0.2, 0.25) is 0 Å². The van der Waals surface area contributed by atoms with Crippen molar-refractivity contribution in [2.75, 3.05) is 6.61 Å². The van der Waals surface area contributed by atoms with E-state index in [4.69, 9.17) is 10.2 Å². The van der Waals surface area contributed by atoms with Gasteiger partial charge in [0.1, 0.15) is 6.04 Å². The third kappa shape index (κ3) is 6.26. The maximum absolute atomic E-state index is 11.6. The van der Waals surface area contributed by atoms with Crippen molar-refractivity contribution in [2.45, 2.75) is 46.6 Å². The number of aliphatic hydroxyl groups excluding tert-OH is 1. The summed E-state index contributed by atoms with van der Waals surface area (Å²) in [6.45, 7) is 7.81. The third-order valence-electron chi connectivity index (χ3n) is 3.02. The van der Waals surface area contributed by atoms with Crippen molar-refractivity contribution < 1.29 is 19.8 Å². The van der Waals surface area contributed by atoms with Gasteiger partial charge in [-0.15, -0.1) is 0 Å². The molecule has 3 N–H and O–H groups in total. The zero-order valence-electron chi connectivity index (χ0n) is 11.0. The molecule has 0 aromatic heterocycles. The summed E-state index contributed by atoms with van der Waals surface area (Å²) >= 11 is 0. The Bertz CT molecular complexity index is 270. The minimum atomic E-state index is -1.11. The maximum Gasteiger partial charge on any atom is 0.326 e. The molecule has 0 aromatic carbocycles. The smallest absolute Gasteiger partial charge is 0.326 e. The standard InChI is InChI=1S/C12H23NO4/c1-8(12(2,3)4)7-10(15)13-9(5-6-14)11(16)17/h8-9,14H,5-7H2,1-4H3,(H,13,15)(H,16,17)/t8?,9-/m0/s1. The molecule has 0 radical (unpaired) electrons. The second-order valence-electron chi connectivity index (χ2n) is 5.44. The number of rotatable bonds is 6. The van der Waals surface area contributed by atoms with Crippen LogP contribution < -0.4 is 5.32 Å². The zero-order chi connectivity index (χ0) is 13.6. The first-order valence-corrected chi connectivity index (χ1v) is 5.81. The van der Waals surface area contributed by atoms with Gasteiger partial charge in [-0.3, -0.25) is 4.79 Å². The molecule has 0 aromatic rings. The van der Waals surface area contributed by atoms with Crippen molar-refractivity contribution in [2.24, 2.45) is 11.3 Å². The van der Waals surface area contributed by atoms with Crippen LogP contribution >= 0.6 is 0 Å². The van der Waals surface area contributed by atoms with E-state index in [1.165, 1.54) is 0 Å². The molecule has 0 aliphatic carbocycles. The van der Waals surface area contributed by atoms with E-state index < -0.39 is 12.0 Å². The molecular weight excluding hydrogens is 222 g/mol. The van der Waals surface area contributed by atoms with Gasteiger partial charge < -0.3 is 15.5 Å². The molecule has 17 heavy (non-hydrogen) atoms. The summed E-state index contributed by atoms with van der Waals surface area (Å²) in [5.41, 5.74) is 0.00698. The molecule has 0 fully saturated rings. The van der Waals surface area contributed by atoms with Crippen LogP contribution in [0.15, 0.2) is 0 Å². The van der Waals surface area contributed by atoms with E-state index in [0.29, 0.717) is 6.42 Å². The van der Waals surface area contributed by atoms with E-state index in [1.54, 1.807) is 0 Å². The molecule has 5 nitrogen and oxygen atoms in total. The first kappa shape index (κ1) is 15.9. The molecule has 1 unspecified atom stereocenters. The Kier molecular flexibility index (Phi) is 6.16. The van der Waals surface area contributed by atoms with Crippen LogP contribution in [0.3, 0.4) is 0 Å². The normalized spacial score (nSPS) is 15.1. The highest BCUT2D eigenvalue weighted by molar-refractivity contribution is 5.83. The third-order valence-corrected chi connectivity index (χ3v) is 3.02. The Labute approximate surface area is 102 Å². The minimum absolute atomic E-state index is 0.00698. The number of aliphatic hydroxyl groups is 1. The number of aliphatic carboxylic acids is 1. The monoisotopic (exact) mass is 245 g/mol. The van der Waals surface area contributed by atoms with Gasteiger partial charge in [-0.2, -0.15) is 0 Å². The summed E-state index contributed by atoms with van der Waals surface area (Å²) in [6, 6.07) is -1.00. The van der Waals surface area contributed by atoms with Gasteiger partial charge in [0.15, 0.2) is 0 Å². The SMILES string of the molecule is CC(CC(=O)N[C@@H](CCO)C(=O)O)C(C)(C)C. The summed E-state index contributed by atoms with van der Waals surface area (Å²) in [7, 11) is 0. The molecule has 0 spiro atoms. The highest BCUT2D eigenvalue weighted by Crippen LogP contribution is 2.27. The molecule has 0 rings (SSSR count). The Morgan fingerprint density at radius 2 is 1.82 bits per heavy atom. The highest BCUT2D eigenvalue weighted by Gasteiger charge is 2.25. The number of nitrogens with one attached hydrogen (secondary N) is 1. The van der Waals surface area contributed by atoms with E-state index in [1.807, 2.05) is 27.7 Å². The topological polar surface area (TPSA) is 86.6 Å². The Balaban J connectivity index is 4.29. The number of carboxylic acids is 1. The van der Waals surface area contributed by atoms with Gasteiger partial charge in [-0.05, 0) is 11.3 Å². The van der Waals surface area contributed by atoms with Crippen molar-refractivity contribution in [1.82, 2.24) is 5.32 Å². The Morgan fingerprint density at radius 3 is 2.18 bits per heavy atom. The van der Waals surface area contributed by atoms with Gasteiger partial charge in [-0.1, -0.05) is 27.7 Å². The fourth-order valence-corrected chi connectivity index (χ4v) is 1.22. The molecule has 5 heteroatoms. The Morgan fingerprint density at radius 1 is 1.29 bits per heavy atom. The first-order chi connectivity index (χ1) is 7.68. The van der Waals surface area contributed by atoms with E-state index in [9.17, 15) is 9.59 Å². The lowest BCUT2D eigenvalue weighted by atomic mass is 9.80. The van der Waals surface area contributed by atoms with Gasteiger partial charge in [0.05, 0.1) is 0 Å². The predicted octanol–water partition coefficient (Wildman–Crippen LogP) is 1.01. The van der Waals surface area contributed by atoms with Crippen molar-refractivity contribution in [3.63, 3.8) is 0 Å². The lowest BCUT2D eigenvalue weighted by Crippen LogP contribution is -2.42. The number of carbonyl (C=O) groups excluding carboxylic acids is 1. The van der Waals surface area contributed by atoms with Crippen LogP contribution in [-0.4, -0.2) is 34.7 Å². The van der Waals surface area contributed by atoms with Gasteiger partial charge in [0.25, 0.3) is 0 Å². The minimum Gasteiger partial charge on any atom is -0.480 e. The molecule has 1 amide bonds. The van der Waals surface area contributed by atoms with Crippen LogP contribution in [0.5, 0.6) is 0 Å². The van der Waals surface area contributed by atoms with Crippen LogP contribution in [0.4, 0.5) is 0 Å². The molecular formula is C12H23NO4. The summed E-state index contributed by atoms with van der Waals surface area (Å²) < 4.78 is 0. The van der Waals surface area contributed by atoms with E-state index in [0.717, 1.165) is 0 Å². The quantitative estimate of drug-likeness (QED) is 0.652. The number of carboxylic acid groups (broad SMARTS) is 1. The zero-order valence-corrected chi connectivity index (χ0v) is 11.0. The van der Waals surface area contributed by atoms with E-state index in [2.05, 4.69) is 5.32 Å². The van der Waals surface area contributed by atoms with Gasteiger partial charge in [-0.25, -0.2) is 4.79 Å². The molecule has 0 saturated carbocycles. The molecule has 0 aliphatic rings. The Hall–Kier alpha value is -1.10. The second-order valence-corrected chi connectivity index (χ2v) is 5.44. The number of carbonyl (C=O) groups is 2. The van der Waals surface area contributed by atoms with Crippen LogP contribution in [0, 0.1) is 11.3 Å². The van der Waals surface area contributed by atoms with Crippen LogP contribution in [0.25, 0.3) is 0 Å². The maximum atomic E-state index is 11.6. The van der Waals surface area contributed by atoms with Gasteiger partial charge >= 0.3 is 5.97 Å². The molecule has 2 atom stereocenters.